The Hall–Kier alpha value is -2.10. The number of aryl methyl sites for hydroxylation is 1. The van der Waals surface area contributed by atoms with Crippen LogP contribution < -0.4 is 5.73 Å². The molecule has 0 aromatic carbocycles. The van der Waals surface area contributed by atoms with Gasteiger partial charge in [0.05, 0.1) is 0 Å². The third-order valence-electron chi connectivity index (χ3n) is 3.00. The van der Waals surface area contributed by atoms with Gasteiger partial charge in [0.15, 0.2) is 0 Å². The van der Waals surface area contributed by atoms with Crippen LogP contribution in [0.3, 0.4) is 0 Å². The molecular weight excluding hydrogens is 202 g/mol. The van der Waals surface area contributed by atoms with E-state index in [1.807, 2.05) is 18.3 Å². The van der Waals surface area contributed by atoms with Crippen LogP contribution in [0.4, 0.5) is 0 Å². The van der Waals surface area contributed by atoms with Crippen molar-refractivity contribution in [3.8, 4) is 0 Å². The van der Waals surface area contributed by atoms with Gasteiger partial charge < -0.3 is 10.7 Å². The number of carbonyl (C=O) groups excluding carboxylic acids is 1. The fourth-order valence-corrected chi connectivity index (χ4v) is 2.20. The summed E-state index contributed by atoms with van der Waals surface area (Å²) in [5.74, 6) is -0.338. The van der Waals surface area contributed by atoms with Crippen molar-refractivity contribution in [1.29, 1.82) is 0 Å². The highest BCUT2D eigenvalue weighted by Crippen LogP contribution is 2.28. The second-order valence-electron chi connectivity index (χ2n) is 3.97. The van der Waals surface area contributed by atoms with Crippen LogP contribution in [0.25, 0.3) is 17.1 Å². The van der Waals surface area contributed by atoms with Gasteiger partial charge in [-0.25, -0.2) is 4.98 Å². The Morgan fingerprint density at radius 3 is 3.12 bits per heavy atom. The number of carbonyl (C=O) groups is 1. The summed E-state index contributed by atoms with van der Waals surface area (Å²) in [6.07, 6.45) is 7.05. The van der Waals surface area contributed by atoms with Gasteiger partial charge in [0.1, 0.15) is 5.65 Å². The number of primary amides is 1. The molecule has 0 bridgehead atoms. The van der Waals surface area contributed by atoms with Gasteiger partial charge >= 0.3 is 0 Å². The molecule has 2 aromatic rings. The van der Waals surface area contributed by atoms with Crippen molar-refractivity contribution in [3.63, 3.8) is 0 Å². The molecule has 0 spiro atoms. The van der Waals surface area contributed by atoms with Crippen LogP contribution in [-0.2, 0) is 11.2 Å². The SMILES string of the molecule is NC(=O)C1=Cc2c[nH]c3nccc(c23)CC1. The zero-order chi connectivity index (χ0) is 11.1. The van der Waals surface area contributed by atoms with E-state index in [0.29, 0.717) is 12.0 Å². The van der Waals surface area contributed by atoms with E-state index in [-0.39, 0.29) is 5.91 Å². The molecule has 0 saturated heterocycles. The molecule has 80 valence electrons. The van der Waals surface area contributed by atoms with Crippen molar-refractivity contribution in [2.75, 3.05) is 0 Å². The van der Waals surface area contributed by atoms with Crippen LogP contribution in [0.2, 0.25) is 0 Å². The van der Waals surface area contributed by atoms with Crippen LogP contribution in [0.15, 0.2) is 24.0 Å². The molecule has 2 heterocycles. The first kappa shape index (κ1) is 9.15. The van der Waals surface area contributed by atoms with Gasteiger partial charge in [-0.05, 0) is 30.5 Å². The van der Waals surface area contributed by atoms with Gasteiger partial charge in [-0.2, -0.15) is 0 Å². The van der Waals surface area contributed by atoms with Crippen molar-refractivity contribution in [2.45, 2.75) is 12.8 Å². The smallest absolute Gasteiger partial charge is 0.244 e. The van der Waals surface area contributed by atoms with E-state index in [1.165, 1.54) is 5.56 Å². The molecule has 3 rings (SSSR count). The van der Waals surface area contributed by atoms with Gasteiger partial charge in [0, 0.05) is 28.9 Å². The molecule has 1 amide bonds. The fourth-order valence-electron chi connectivity index (χ4n) is 2.20. The number of hydrogen-bond donors (Lipinski definition) is 2. The maximum Gasteiger partial charge on any atom is 0.244 e. The molecule has 4 nitrogen and oxygen atoms in total. The van der Waals surface area contributed by atoms with Crippen LogP contribution in [-0.4, -0.2) is 15.9 Å². The largest absolute Gasteiger partial charge is 0.366 e. The lowest BCUT2D eigenvalue weighted by molar-refractivity contribution is -0.114. The second-order valence-corrected chi connectivity index (χ2v) is 3.97. The summed E-state index contributed by atoms with van der Waals surface area (Å²) in [5, 5.41) is 1.11. The van der Waals surface area contributed by atoms with E-state index < -0.39 is 0 Å². The highest BCUT2D eigenvalue weighted by molar-refractivity contribution is 6.01. The normalized spacial score (nSPS) is 14.6. The van der Waals surface area contributed by atoms with Crippen LogP contribution in [0, 0.1) is 0 Å². The van der Waals surface area contributed by atoms with Crippen molar-refractivity contribution < 1.29 is 4.79 Å². The molecule has 0 saturated carbocycles. The van der Waals surface area contributed by atoms with E-state index in [9.17, 15) is 4.79 Å². The fraction of sp³-hybridized carbons (Fsp3) is 0.167. The lowest BCUT2D eigenvalue weighted by atomic mass is 10.1. The van der Waals surface area contributed by atoms with E-state index in [2.05, 4.69) is 9.97 Å². The summed E-state index contributed by atoms with van der Waals surface area (Å²) in [5.41, 5.74) is 9.10. The molecule has 16 heavy (non-hydrogen) atoms. The van der Waals surface area contributed by atoms with E-state index in [0.717, 1.165) is 23.0 Å². The monoisotopic (exact) mass is 213 g/mol. The second kappa shape index (κ2) is 3.20. The highest BCUT2D eigenvalue weighted by Gasteiger charge is 2.15. The molecule has 0 fully saturated rings. The average molecular weight is 213 g/mol. The molecule has 1 aliphatic carbocycles. The van der Waals surface area contributed by atoms with Crippen LogP contribution in [0.1, 0.15) is 17.5 Å². The molecule has 0 unspecified atom stereocenters. The first-order valence-electron chi connectivity index (χ1n) is 5.21. The van der Waals surface area contributed by atoms with Crippen LogP contribution in [0.5, 0.6) is 0 Å². The Kier molecular flexibility index (Phi) is 1.83. The van der Waals surface area contributed by atoms with E-state index in [1.54, 1.807) is 6.20 Å². The number of nitrogens with zero attached hydrogens (tertiary/aromatic N) is 1. The number of rotatable bonds is 1. The Balaban J connectivity index is 2.29. The van der Waals surface area contributed by atoms with E-state index in [4.69, 9.17) is 5.73 Å². The molecular formula is C12H11N3O. The van der Waals surface area contributed by atoms with Crippen molar-refractivity contribution >= 4 is 23.0 Å². The lowest BCUT2D eigenvalue weighted by Gasteiger charge is -2.01. The predicted molar refractivity (Wildman–Crippen MR) is 61.6 cm³/mol. The number of H-pyrrole nitrogens is 1. The molecule has 0 aliphatic heterocycles. The van der Waals surface area contributed by atoms with Gasteiger partial charge in [-0.1, -0.05) is 0 Å². The molecule has 2 aromatic heterocycles. The van der Waals surface area contributed by atoms with Crippen molar-refractivity contribution in [3.05, 3.63) is 35.2 Å². The number of hydrogen-bond acceptors (Lipinski definition) is 2. The summed E-state index contributed by atoms with van der Waals surface area (Å²) in [7, 11) is 0. The minimum absolute atomic E-state index is 0.338. The van der Waals surface area contributed by atoms with Crippen molar-refractivity contribution in [1.82, 2.24) is 9.97 Å². The first-order chi connectivity index (χ1) is 7.75. The molecule has 4 heteroatoms. The Bertz CT molecular complexity index is 610. The zero-order valence-corrected chi connectivity index (χ0v) is 8.66. The van der Waals surface area contributed by atoms with E-state index >= 15 is 0 Å². The lowest BCUT2D eigenvalue weighted by Crippen LogP contribution is -2.13. The summed E-state index contributed by atoms with van der Waals surface area (Å²) >= 11 is 0. The standard InChI is InChI=1S/C12H11N3O/c13-11(16)8-2-1-7-3-4-14-12-10(7)9(5-8)6-15-12/h3-6H,1-2H2,(H2,13,16)(H,14,15). The number of nitrogens with one attached hydrogen (secondary N) is 1. The topological polar surface area (TPSA) is 71.8 Å². The van der Waals surface area contributed by atoms with Gasteiger partial charge in [0.2, 0.25) is 5.91 Å². The number of aromatic nitrogens is 2. The number of nitrogens with two attached hydrogens (primary N) is 1. The Labute approximate surface area is 92.2 Å². The first-order valence-corrected chi connectivity index (χ1v) is 5.21. The average Bonchev–Trinajstić information content (AvgIpc) is 2.56. The predicted octanol–water partition coefficient (Wildman–Crippen LogP) is 1.38. The minimum atomic E-state index is -0.338. The summed E-state index contributed by atoms with van der Waals surface area (Å²) < 4.78 is 0. The van der Waals surface area contributed by atoms with Crippen molar-refractivity contribution in [2.24, 2.45) is 5.73 Å². The van der Waals surface area contributed by atoms with Gasteiger partial charge in [-0.3, -0.25) is 4.79 Å². The third-order valence-corrected chi connectivity index (χ3v) is 3.00. The number of pyridine rings is 1. The molecule has 0 atom stereocenters. The summed E-state index contributed by atoms with van der Waals surface area (Å²) in [6, 6.07) is 2.00. The summed E-state index contributed by atoms with van der Waals surface area (Å²) in [6.45, 7) is 0. The molecule has 0 radical (unpaired) electrons. The molecule has 3 N–H and O–H groups in total. The number of aromatic amines is 1. The Morgan fingerprint density at radius 2 is 2.31 bits per heavy atom. The number of amides is 1. The quantitative estimate of drug-likeness (QED) is 0.751. The van der Waals surface area contributed by atoms with Crippen LogP contribution >= 0.6 is 0 Å². The minimum Gasteiger partial charge on any atom is -0.366 e. The summed E-state index contributed by atoms with van der Waals surface area (Å²) in [4.78, 5) is 18.6. The highest BCUT2D eigenvalue weighted by atomic mass is 16.1. The molecule has 1 aliphatic rings. The van der Waals surface area contributed by atoms with Gasteiger partial charge in [0.25, 0.3) is 0 Å². The maximum atomic E-state index is 11.2. The van der Waals surface area contributed by atoms with Gasteiger partial charge in [-0.15, -0.1) is 0 Å². The Morgan fingerprint density at radius 1 is 1.44 bits per heavy atom. The third kappa shape index (κ3) is 1.23. The zero-order valence-electron chi connectivity index (χ0n) is 8.66. The maximum absolute atomic E-state index is 11.2.